The Morgan fingerprint density at radius 1 is 1.19 bits per heavy atom. The van der Waals surface area contributed by atoms with Crippen LogP contribution in [0, 0.1) is 0 Å². The highest BCUT2D eigenvalue weighted by molar-refractivity contribution is 8.00. The topological polar surface area (TPSA) is 68.3 Å². The van der Waals surface area contributed by atoms with Gasteiger partial charge in [-0.05, 0) is 37.6 Å². The minimum absolute atomic E-state index is 0.299. The lowest BCUT2D eigenvalue weighted by molar-refractivity contribution is -0.128. The number of ether oxygens (including phenoxy) is 1. The van der Waals surface area contributed by atoms with Crippen LogP contribution in [-0.2, 0) is 15.3 Å². The number of hydrogen-bond acceptors (Lipinski definition) is 6. The van der Waals surface area contributed by atoms with Crippen LogP contribution < -0.4 is 5.32 Å². The van der Waals surface area contributed by atoms with Crippen molar-refractivity contribution in [1.82, 2.24) is 10.3 Å². The number of hydrogen-bond donors (Lipinski definition) is 1. The van der Waals surface area contributed by atoms with Crippen molar-refractivity contribution in [3.05, 3.63) is 59.7 Å². The highest BCUT2D eigenvalue weighted by Crippen LogP contribution is 2.32. The van der Waals surface area contributed by atoms with Crippen LogP contribution in [-0.4, -0.2) is 29.5 Å². The molecule has 1 amide bonds. The molecule has 0 unspecified atom stereocenters. The van der Waals surface area contributed by atoms with Gasteiger partial charge in [-0.15, -0.1) is 11.3 Å². The van der Waals surface area contributed by atoms with E-state index in [1.807, 2.05) is 43.3 Å². The third-order valence-corrected chi connectivity index (χ3v) is 6.09. The van der Waals surface area contributed by atoms with Crippen LogP contribution in [0.4, 0.5) is 0 Å². The van der Waals surface area contributed by atoms with E-state index < -0.39 is 12.1 Å². The Bertz CT molecular complexity index is 922. The summed E-state index contributed by atoms with van der Waals surface area (Å²) in [6.07, 6.45) is -0.831. The first-order valence-electron chi connectivity index (χ1n) is 8.63. The number of nitrogens with zero attached hydrogens (tertiary/aromatic N) is 1. The van der Waals surface area contributed by atoms with Gasteiger partial charge in [-0.3, -0.25) is 4.79 Å². The number of carbonyl (C=O) groups is 2. The van der Waals surface area contributed by atoms with Crippen molar-refractivity contribution in [2.45, 2.75) is 30.0 Å². The fourth-order valence-electron chi connectivity index (χ4n) is 2.49. The number of amides is 1. The highest BCUT2D eigenvalue weighted by Gasteiger charge is 2.20. The van der Waals surface area contributed by atoms with E-state index >= 15 is 0 Å². The average molecular weight is 401 g/mol. The van der Waals surface area contributed by atoms with Gasteiger partial charge in [0.1, 0.15) is 0 Å². The lowest BCUT2D eigenvalue weighted by Gasteiger charge is -2.14. The molecule has 0 saturated heterocycles. The molecule has 140 valence electrons. The van der Waals surface area contributed by atoms with Gasteiger partial charge in [-0.25, -0.2) is 9.78 Å². The van der Waals surface area contributed by atoms with Crippen molar-refractivity contribution in [2.75, 3.05) is 6.54 Å². The summed E-state index contributed by atoms with van der Waals surface area (Å²) >= 11 is 3.22. The van der Waals surface area contributed by atoms with Gasteiger partial charge in [0, 0.05) is 12.3 Å². The summed E-state index contributed by atoms with van der Waals surface area (Å²) in [5.74, 6) is -0.192. The first-order valence-corrected chi connectivity index (χ1v) is 10.4. The molecule has 1 aromatic heterocycles. The van der Waals surface area contributed by atoms with Crippen LogP contribution in [0.2, 0.25) is 0 Å². The minimum Gasteiger partial charge on any atom is -0.449 e. The lowest BCUT2D eigenvalue weighted by atomic mass is 10.1. The molecule has 0 bridgehead atoms. The first kappa shape index (κ1) is 19.4. The Hall–Kier alpha value is -2.38. The Kier molecular flexibility index (Phi) is 6.47. The molecule has 5 nitrogen and oxygen atoms in total. The smallest absolute Gasteiger partial charge is 0.339 e. The van der Waals surface area contributed by atoms with E-state index in [1.165, 1.54) is 0 Å². The summed E-state index contributed by atoms with van der Waals surface area (Å²) in [6, 6.07) is 15.3. The summed E-state index contributed by atoms with van der Waals surface area (Å²) in [6.45, 7) is 3.89. The molecule has 0 fully saturated rings. The largest absolute Gasteiger partial charge is 0.449 e. The van der Waals surface area contributed by atoms with E-state index in [9.17, 15) is 9.59 Å². The third-order valence-electron chi connectivity index (χ3n) is 3.87. The lowest BCUT2D eigenvalue weighted by Crippen LogP contribution is -2.35. The molecule has 3 rings (SSSR count). The number of thioether (sulfide) groups is 1. The van der Waals surface area contributed by atoms with Crippen LogP contribution in [0.3, 0.4) is 0 Å². The monoisotopic (exact) mass is 400 g/mol. The van der Waals surface area contributed by atoms with Crippen LogP contribution in [0.15, 0.2) is 52.9 Å². The highest BCUT2D eigenvalue weighted by atomic mass is 32.2. The molecule has 0 aliphatic carbocycles. The van der Waals surface area contributed by atoms with Gasteiger partial charge in [-0.1, -0.05) is 42.1 Å². The number of nitrogens with one attached hydrogen (secondary N) is 1. The molecular formula is C20H20N2O3S2. The Labute approximate surface area is 166 Å². The van der Waals surface area contributed by atoms with Crippen molar-refractivity contribution in [2.24, 2.45) is 0 Å². The van der Waals surface area contributed by atoms with Crippen LogP contribution in [0.5, 0.6) is 0 Å². The van der Waals surface area contributed by atoms with Crippen LogP contribution in [0.1, 0.15) is 29.8 Å². The molecular weight excluding hydrogens is 380 g/mol. The molecule has 0 aliphatic rings. The Morgan fingerprint density at radius 2 is 1.93 bits per heavy atom. The summed E-state index contributed by atoms with van der Waals surface area (Å²) < 4.78 is 7.41. The maximum atomic E-state index is 12.5. The number of para-hydroxylation sites is 1. The maximum absolute atomic E-state index is 12.5. The van der Waals surface area contributed by atoms with Gasteiger partial charge in [0.05, 0.1) is 15.8 Å². The number of likely N-dealkylation sites (N-methyl/N-ethyl adjacent to an activating group) is 1. The van der Waals surface area contributed by atoms with E-state index in [1.54, 1.807) is 42.2 Å². The summed E-state index contributed by atoms with van der Waals surface area (Å²) in [5, 5.41) is 2.65. The summed E-state index contributed by atoms with van der Waals surface area (Å²) in [4.78, 5) is 28.9. The standard InChI is InChI=1S/C20H20N2O3S2/c1-3-21-18(23)13(2)25-19(24)15-9-5-4-8-14(15)12-26-20-22-16-10-6-7-11-17(16)27-20/h4-11,13H,3,12H2,1-2H3,(H,21,23)/t13-/m1/s1. The number of benzene rings is 2. The molecule has 1 N–H and O–H groups in total. The molecule has 27 heavy (non-hydrogen) atoms. The third kappa shape index (κ3) is 4.87. The number of thiazole rings is 1. The molecule has 0 saturated carbocycles. The van der Waals surface area contributed by atoms with E-state index in [4.69, 9.17) is 4.74 Å². The molecule has 3 aromatic rings. The van der Waals surface area contributed by atoms with Crippen molar-refractivity contribution < 1.29 is 14.3 Å². The van der Waals surface area contributed by atoms with E-state index in [2.05, 4.69) is 10.3 Å². The quantitative estimate of drug-likeness (QED) is 0.474. The SMILES string of the molecule is CCNC(=O)[C@@H](C)OC(=O)c1ccccc1CSc1nc2ccccc2s1. The van der Waals surface area contributed by atoms with Crippen LogP contribution in [0.25, 0.3) is 10.2 Å². The predicted molar refractivity (Wildman–Crippen MR) is 109 cm³/mol. The predicted octanol–water partition coefficient (Wildman–Crippen LogP) is 4.27. The van der Waals surface area contributed by atoms with Gasteiger partial charge in [0.25, 0.3) is 5.91 Å². The van der Waals surface area contributed by atoms with Crippen LogP contribution >= 0.6 is 23.1 Å². The molecule has 0 radical (unpaired) electrons. The van der Waals surface area contributed by atoms with E-state index in [0.29, 0.717) is 17.9 Å². The van der Waals surface area contributed by atoms with Crippen molar-refractivity contribution in [1.29, 1.82) is 0 Å². The minimum atomic E-state index is -0.831. The van der Waals surface area contributed by atoms with E-state index in [-0.39, 0.29) is 5.91 Å². The second kappa shape index (κ2) is 9.01. The maximum Gasteiger partial charge on any atom is 0.339 e. The molecule has 1 heterocycles. The van der Waals surface area contributed by atoms with Gasteiger partial charge in [-0.2, -0.15) is 0 Å². The van der Waals surface area contributed by atoms with Crippen molar-refractivity contribution in [3.63, 3.8) is 0 Å². The number of aromatic nitrogens is 1. The zero-order valence-electron chi connectivity index (χ0n) is 15.1. The molecule has 2 aromatic carbocycles. The normalized spacial score (nSPS) is 11.9. The molecule has 7 heteroatoms. The zero-order chi connectivity index (χ0) is 19.2. The molecule has 0 aliphatic heterocycles. The average Bonchev–Trinajstić information content (AvgIpc) is 3.09. The number of carbonyl (C=O) groups excluding carboxylic acids is 2. The summed E-state index contributed by atoms with van der Waals surface area (Å²) in [7, 11) is 0. The van der Waals surface area contributed by atoms with Gasteiger partial charge >= 0.3 is 5.97 Å². The van der Waals surface area contributed by atoms with Crippen molar-refractivity contribution in [3.8, 4) is 0 Å². The zero-order valence-corrected chi connectivity index (χ0v) is 16.7. The fraction of sp³-hybridized carbons (Fsp3) is 0.250. The van der Waals surface area contributed by atoms with Gasteiger partial charge in [0.2, 0.25) is 0 Å². The number of fused-ring (bicyclic) bond motifs is 1. The number of rotatable bonds is 7. The number of esters is 1. The fourth-order valence-corrected chi connectivity index (χ4v) is 4.57. The Morgan fingerprint density at radius 3 is 2.70 bits per heavy atom. The Balaban J connectivity index is 1.69. The molecule has 0 spiro atoms. The first-order chi connectivity index (χ1) is 13.1. The molecule has 1 atom stereocenters. The summed E-state index contributed by atoms with van der Waals surface area (Å²) in [5.41, 5.74) is 2.31. The van der Waals surface area contributed by atoms with E-state index in [0.717, 1.165) is 20.1 Å². The second-order valence-electron chi connectivity index (χ2n) is 5.84. The van der Waals surface area contributed by atoms with Gasteiger partial charge in [0.15, 0.2) is 10.4 Å². The van der Waals surface area contributed by atoms with Crippen molar-refractivity contribution >= 4 is 45.2 Å². The van der Waals surface area contributed by atoms with Gasteiger partial charge < -0.3 is 10.1 Å². The second-order valence-corrected chi connectivity index (χ2v) is 8.09.